The molecule has 3 rings (SSSR count). The Labute approximate surface area is 142 Å². The van der Waals surface area contributed by atoms with Gasteiger partial charge in [-0.2, -0.15) is 0 Å². The first-order chi connectivity index (χ1) is 11.7. The second kappa shape index (κ2) is 7.57. The Morgan fingerprint density at radius 3 is 2.83 bits per heavy atom. The lowest BCUT2D eigenvalue weighted by Crippen LogP contribution is -2.30. The molecule has 1 aliphatic heterocycles. The molecule has 0 unspecified atom stereocenters. The molecule has 1 saturated heterocycles. The number of hydrogen-bond donors (Lipinski definition) is 2. The minimum absolute atomic E-state index is 0.184. The minimum atomic E-state index is -0.184. The maximum Gasteiger partial charge on any atom is 0.278 e. The number of hydrogen-bond acceptors (Lipinski definition) is 4. The maximum atomic E-state index is 12.6. The van der Waals surface area contributed by atoms with Gasteiger partial charge in [-0.1, -0.05) is 36.8 Å². The third kappa shape index (κ3) is 3.48. The molecule has 2 heterocycles. The largest absolute Gasteiger partial charge is 0.320 e. The van der Waals surface area contributed by atoms with Crippen molar-refractivity contribution in [1.82, 2.24) is 20.3 Å². The van der Waals surface area contributed by atoms with Gasteiger partial charge in [-0.05, 0) is 50.9 Å². The van der Waals surface area contributed by atoms with Crippen LogP contribution in [-0.2, 0) is 6.42 Å². The number of piperidine rings is 1. The van der Waals surface area contributed by atoms with Crippen LogP contribution in [0.2, 0.25) is 0 Å². The van der Waals surface area contributed by atoms with E-state index in [1.54, 1.807) is 0 Å². The number of nitrogens with one attached hydrogen (secondary N) is 2. The number of benzene rings is 1. The summed E-state index contributed by atoms with van der Waals surface area (Å²) in [5, 5.41) is 14.7. The van der Waals surface area contributed by atoms with Gasteiger partial charge in [0.25, 0.3) is 5.91 Å². The summed E-state index contributed by atoms with van der Waals surface area (Å²) in [6.07, 6.45) is 4.02. The lowest BCUT2D eigenvalue weighted by atomic mass is 10.1. The summed E-state index contributed by atoms with van der Waals surface area (Å²) >= 11 is 0. The van der Waals surface area contributed by atoms with Crippen molar-refractivity contribution in [2.45, 2.75) is 45.6 Å². The second-order valence-electron chi connectivity index (χ2n) is 6.31. The van der Waals surface area contributed by atoms with Gasteiger partial charge in [-0.15, -0.1) is 5.10 Å². The van der Waals surface area contributed by atoms with Gasteiger partial charge < -0.3 is 10.6 Å². The first kappa shape index (κ1) is 16.6. The van der Waals surface area contributed by atoms with Crippen LogP contribution in [0.25, 0.3) is 0 Å². The zero-order valence-corrected chi connectivity index (χ0v) is 14.4. The van der Waals surface area contributed by atoms with Crippen LogP contribution in [0.1, 0.15) is 54.0 Å². The molecular formula is C18H25N5O. The number of carbonyl (C=O) groups excluding carboxylic acids is 1. The molecule has 0 spiro atoms. The molecular weight excluding hydrogens is 302 g/mol. The van der Waals surface area contributed by atoms with Crippen LogP contribution in [0, 0.1) is 6.92 Å². The van der Waals surface area contributed by atoms with Crippen LogP contribution in [0.3, 0.4) is 0 Å². The molecule has 0 aliphatic carbocycles. The third-order valence-electron chi connectivity index (χ3n) is 4.58. The van der Waals surface area contributed by atoms with Gasteiger partial charge in [0.2, 0.25) is 0 Å². The fraction of sp³-hybridized carbons (Fsp3) is 0.500. The van der Waals surface area contributed by atoms with Crippen LogP contribution < -0.4 is 10.6 Å². The van der Waals surface area contributed by atoms with Crippen LogP contribution in [-0.4, -0.2) is 34.0 Å². The SMILES string of the molecule is CCCc1ccccc1NC(=O)c1nnn(C2CCNCC2)c1C. The fourth-order valence-corrected chi connectivity index (χ4v) is 3.26. The minimum Gasteiger partial charge on any atom is -0.320 e. The molecule has 24 heavy (non-hydrogen) atoms. The van der Waals surface area contributed by atoms with E-state index in [9.17, 15) is 4.79 Å². The third-order valence-corrected chi connectivity index (χ3v) is 4.58. The number of carbonyl (C=O) groups is 1. The molecule has 6 nitrogen and oxygen atoms in total. The van der Waals surface area contributed by atoms with Crippen molar-refractivity contribution in [3.05, 3.63) is 41.2 Å². The summed E-state index contributed by atoms with van der Waals surface area (Å²) in [6, 6.07) is 8.26. The molecule has 1 aromatic carbocycles. The Morgan fingerprint density at radius 1 is 1.33 bits per heavy atom. The number of rotatable bonds is 5. The average molecular weight is 327 g/mol. The number of nitrogens with zero attached hydrogens (tertiary/aromatic N) is 3. The summed E-state index contributed by atoms with van der Waals surface area (Å²) in [6.45, 7) is 6.02. The molecule has 1 aromatic heterocycles. The number of amides is 1. The number of aromatic nitrogens is 3. The lowest BCUT2D eigenvalue weighted by Gasteiger charge is -2.23. The first-order valence-corrected chi connectivity index (χ1v) is 8.72. The van der Waals surface area contributed by atoms with E-state index in [0.717, 1.165) is 55.7 Å². The Bertz CT molecular complexity index is 703. The van der Waals surface area contributed by atoms with Crippen molar-refractivity contribution in [3.8, 4) is 0 Å². The van der Waals surface area contributed by atoms with Crippen molar-refractivity contribution < 1.29 is 4.79 Å². The van der Waals surface area contributed by atoms with Gasteiger partial charge in [-0.25, -0.2) is 4.68 Å². The van der Waals surface area contributed by atoms with Crippen molar-refractivity contribution in [2.24, 2.45) is 0 Å². The molecule has 2 N–H and O–H groups in total. The van der Waals surface area contributed by atoms with Crippen LogP contribution in [0.5, 0.6) is 0 Å². The highest BCUT2D eigenvalue weighted by Crippen LogP contribution is 2.22. The Balaban J connectivity index is 1.77. The lowest BCUT2D eigenvalue weighted by molar-refractivity contribution is 0.102. The predicted molar refractivity (Wildman–Crippen MR) is 94.3 cm³/mol. The molecule has 6 heteroatoms. The Morgan fingerprint density at radius 2 is 2.08 bits per heavy atom. The molecule has 0 radical (unpaired) electrons. The van der Waals surface area contributed by atoms with E-state index in [4.69, 9.17) is 0 Å². The molecule has 0 atom stereocenters. The standard InChI is InChI=1S/C18H25N5O/c1-3-6-14-7-4-5-8-16(14)20-18(24)17-13(2)23(22-21-17)15-9-11-19-12-10-15/h4-5,7-8,15,19H,3,6,9-12H2,1-2H3,(H,20,24). The van der Waals surface area contributed by atoms with E-state index in [1.807, 2.05) is 29.8 Å². The topological polar surface area (TPSA) is 71.8 Å². The first-order valence-electron chi connectivity index (χ1n) is 8.72. The highest BCUT2D eigenvalue weighted by molar-refractivity contribution is 6.03. The van der Waals surface area contributed by atoms with E-state index in [2.05, 4.69) is 33.9 Å². The molecule has 1 fully saturated rings. The van der Waals surface area contributed by atoms with Crippen molar-refractivity contribution in [1.29, 1.82) is 0 Å². The molecule has 0 saturated carbocycles. The van der Waals surface area contributed by atoms with Gasteiger partial charge in [-0.3, -0.25) is 4.79 Å². The summed E-state index contributed by atoms with van der Waals surface area (Å²) in [5.74, 6) is -0.184. The number of anilines is 1. The highest BCUT2D eigenvalue weighted by Gasteiger charge is 2.23. The van der Waals surface area contributed by atoms with E-state index >= 15 is 0 Å². The van der Waals surface area contributed by atoms with Gasteiger partial charge in [0, 0.05) is 5.69 Å². The fourth-order valence-electron chi connectivity index (χ4n) is 3.26. The monoisotopic (exact) mass is 327 g/mol. The number of aryl methyl sites for hydroxylation is 1. The van der Waals surface area contributed by atoms with Crippen molar-refractivity contribution >= 4 is 11.6 Å². The zero-order chi connectivity index (χ0) is 16.9. The van der Waals surface area contributed by atoms with Crippen LogP contribution in [0.4, 0.5) is 5.69 Å². The van der Waals surface area contributed by atoms with E-state index in [1.165, 1.54) is 0 Å². The predicted octanol–water partition coefficient (Wildman–Crippen LogP) is 2.72. The highest BCUT2D eigenvalue weighted by atomic mass is 16.2. The number of para-hydroxylation sites is 1. The smallest absolute Gasteiger partial charge is 0.278 e. The van der Waals surface area contributed by atoms with Gasteiger partial charge in [0.05, 0.1) is 11.7 Å². The summed E-state index contributed by atoms with van der Waals surface area (Å²) in [4.78, 5) is 12.6. The van der Waals surface area contributed by atoms with Crippen molar-refractivity contribution in [3.63, 3.8) is 0 Å². The molecule has 1 aliphatic rings. The average Bonchev–Trinajstić information content (AvgIpc) is 2.99. The second-order valence-corrected chi connectivity index (χ2v) is 6.31. The van der Waals surface area contributed by atoms with Gasteiger partial charge in [0.1, 0.15) is 0 Å². The maximum absolute atomic E-state index is 12.6. The summed E-state index contributed by atoms with van der Waals surface area (Å²) in [5.41, 5.74) is 3.27. The van der Waals surface area contributed by atoms with Crippen LogP contribution in [0.15, 0.2) is 24.3 Å². The Hall–Kier alpha value is -2.21. The molecule has 2 aromatic rings. The Kier molecular flexibility index (Phi) is 5.25. The zero-order valence-electron chi connectivity index (χ0n) is 14.4. The molecule has 1 amide bonds. The van der Waals surface area contributed by atoms with E-state index in [0.29, 0.717) is 11.7 Å². The normalized spacial score (nSPS) is 15.4. The van der Waals surface area contributed by atoms with Gasteiger partial charge >= 0.3 is 0 Å². The van der Waals surface area contributed by atoms with Crippen molar-refractivity contribution in [2.75, 3.05) is 18.4 Å². The summed E-state index contributed by atoms with van der Waals surface area (Å²) < 4.78 is 1.91. The quantitative estimate of drug-likeness (QED) is 0.886. The van der Waals surface area contributed by atoms with E-state index < -0.39 is 0 Å². The van der Waals surface area contributed by atoms with Gasteiger partial charge in [0.15, 0.2) is 5.69 Å². The summed E-state index contributed by atoms with van der Waals surface area (Å²) in [7, 11) is 0. The molecule has 0 bridgehead atoms. The van der Waals surface area contributed by atoms with E-state index in [-0.39, 0.29) is 5.91 Å². The van der Waals surface area contributed by atoms with Crippen LogP contribution >= 0.6 is 0 Å². The molecule has 128 valence electrons.